The van der Waals surface area contributed by atoms with Gasteiger partial charge in [-0.2, -0.15) is 0 Å². The number of hydrogen-bond acceptors (Lipinski definition) is 4. The van der Waals surface area contributed by atoms with Crippen molar-refractivity contribution >= 4 is 28.8 Å². The molecule has 27 heavy (non-hydrogen) atoms. The molecule has 0 fully saturated rings. The number of hydrogen-bond donors (Lipinski definition) is 1. The van der Waals surface area contributed by atoms with E-state index in [0.717, 1.165) is 18.0 Å². The van der Waals surface area contributed by atoms with Gasteiger partial charge in [0.15, 0.2) is 0 Å². The minimum absolute atomic E-state index is 0.281. The van der Waals surface area contributed by atoms with Crippen LogP contribution in [0.3, 0.4) is 0 Å². The minimum Gasteiger partial charge on any atom is -0.506 e. The van der Waals surface area contributed by atoms with E-state index in [-0.39, 0.29) is 5.41 Å². The van der Waals surface area contributed by atoms with Crippen LogP contribution in [0.4, 0.5) is 17.1 Å². The molecule has 1 atom stereocenters. The Bertz CT molecular complexity index is 762. The fraction of sp³-hybridized carbons (Fsp3) is 0.478. The summed E-state index contributed by atoms with van der Waals surface area (Å²) in [5, 5.41) is 10.5. The molecule has 0 bridgehead atoms. The van der Waals surface area contributed by atoms with Crippen LogP contribution >= 0.6 is 11.8 Å². The Labute approximate surface area is 168 Å². The Morgan fingerprint density at radius 1 is 1.15 bits per heavy atom. The van der Waals surface area contributed by atoms with Gasteiger partial charge < -0.3 is 14.9 Å². The van der Waals surface area contributed by atoms with Crippen LogP contribution in [0.25, 0.3) is 0 Å². The molecule has 3 rings (SSSR count). The number of unbranched alkanes of at least 4 members (excludes halogenated alkanes) is 1. The average Bonchev–Trinajstić information content (AvgIpc) is 2.84. The van der Waals surface area contributed by atoms with Crippen molar-refractivity contribution in [2.24, 2.45) is 5.41 Å². The van der Waals surface area contributed by atoms with Crippen LogP contribution < -0.4 is 9.80 Å². The van der Waals surface area contributed by atoms with Crippen molar-refractivity contribution in [3.63, 3.8) is 0 Å². The second-order valence-electron chi connectivity index (χ2n) is 7.87. The summed E-state index contributed by atoms with van der Waals surface area (Å²) in [7, 11) is 3.96. The number of benzene rings is 2. The molecule has 0 aromatic heterocycles. The number of phenolic OH excluding ortho intramolecular Hbond substituents is 1. The van der Waals surface area contributed by atoms with Crippen LogP contribution in [0.2, 0.25) is 0 Å². The zero-order valence-corrected chi connectivity index (χ0v) is 17.9. The molecular weight excluding hydrogens is 352 g/mol. The minimum atomic E-state index is 0.281. The molecule has 1 aliphatic rings. The first-order chi connectivity index (χ1) is 13.0. The SMILES string of the molecule is CCCCC1(CC)CSc2cc(O)c(N(C)C)cc2N(c2ccccc2)C1. The number of fused-ring (bicyclic) bond motifs is 1. The van der Waals surface area contributed by atoms with Gasteiger partial charge in [0.25, 0.3) is 0 Å². The molecule has 3 nitrogen and oxygen atoms in total. The fourth-order valence-corrected chi connectivity index (χ4v) is 5.27. The van der Waals surface area contributed by atoms with E-state index in [0.29, 0.717) is 5.75 Å². The normalized spacial score (nSPS) is 19.5. The van der Waals surface area contributed by atoms with Crippen molar-refractivity contribution in [3.05, 3.63) is 42.5 Å². The van der Waals surface area contributed by atoms with E-state index in [4.69, 9.17) is 0 Å². The van der Waals surface area contributed by atoms with Gasteiger partial charge >= 0.3 is 0 Å². The van der Waals surface area contributed by atoms with Crippen LogP contribution in [-0.2, 0) is 0 Å². The standard InChI is InChI=1S/C23H32N2OS/c1-5-7-13-23(6-2)16-25(18-11-9-8-10-12-18)20-14-19(24(3)4)21(26)15-22(20)27-17-23/h8-12,14-15,26H,5-7,13,16-17H2,1-4H3. The molecule has 1 N–H and O–H groups in total. The number of anilines is 3. The Kier molecular flexibility index (Phi) is 6.25. The Balaban J connectivity index is 2.11. The summed E-state index contributed by atoms with van der Waals surface area (Å²) in [5.74, 6) is 1.46. The third-order valence-electron chi connectivity index (χ3n) is 5.73. The molecule has 1 aliphatic heterocycles. The van der Waals surface area contributed by atoms with Gasteiger partial charge in [0, 0.05) is 37.0 Å². The van der Waals surface area contributed by atoms with Gasteiger partial charge in [-0.05, 0) is 42.5 Å². The highest BCUT2D eigenvalue weighted by atomic mass is 32.2. The lowest BCUT2D eigenvalue weighted by atomic mass is 9.81. The maximum absolute atomic E-state index is 10.5. The number of nitrogens with zero attached hydrogens (tertiary/aromatic N) is 2. The van der Waals surface area contributed by atoms with E-state index in [1.165, 1.54) is 42.0 Å². The summed E-state index contributed by atoms with van der Waals surface area (Å²) in [6, 6.07) is 14.8. The fourth-order valence-electron chi connectivity index (χ4n) is 3.86. The molecule has 0 saturated carbocycles. The van der Waals surface area contributed by atoms with Crippen LogP contribution in [0.5, 0.6) is 5.75 Å². The molecular formula is C23H32N2OS. The maximum atomic E-state index is 10.5. The van der Waals surface area contributed by atoms with Crippen LogP contribution in [0.15, 0.2) is 47.4 Å². The highest BCUT2D eigenvalue weighted by molar-refractivity contribution is 7.99. The molecule has 0 saturated heterocycles. The highest BCUT2D eigenvalue weighted by Gasteiger charge is 2.35. The molecule has 1 heterocycles. The van der Waals surface area contributed by atoms with E-state index >= 15 is 0 Å². The van der Waals surface area contributed by atoms with Crippen LogP contribution in [0.1, 0.15) is 39.5 Å². The lowest BCUT2D eigenvalue weighted by Crippen LogP contribution is -2.36. The molecule has 1 unspecified atom stereocenters. The predicted octanol–water partition coefficient (Wildman–Crippen LogP) is 6.29. The molecule has 0 amide bonds. The summed E-state index contributed by atoms with van der Waals surface area (Å²) >= 11 is 1.90. The van der Waals surface area contributed by atoms with Crippen molar-refractivity contribution in [3.8, 4) is 5.75 Å². The summed E-state index contributed by atoms with van der Waals surface area (Å²) in [4.78, 5) is 5.63. The molecule has 0 aliphatic carbocycles. The van der Waals surface area contributed by atoms with E-state index in [9.17, 15) is 5.11 Å². The second kappa shape index (κ2) is 8.47. The molecule has 0 radical (unpaired) electrons. The number of thioether (sulfide) groups is 1. The first-order valence-corrected chi connectivity index (χ1v) is 11.0. The Morgan fingerprint density at radius 2 is 1.89 bits per heavy atom. The monoisotopic (exact) mass is 384 g/mol. The van der Waals surface area contributed by atoms with Gasteiger partial charge in [-0.15, -0.1) is 11.8 Å². The molecule has 146 valence electrons. The number of rotatable bonds is 6. The lowest BCUT2D eigenvalue weighted by Gasteiger charge is -2.37. The van der Waals surface area contributed by atoms with E-state index in [1.807, 2.05) is 36.8 Å². The smallest absolute Gasteiger partial charge is 0.140 e. The summed E-state index contributed by atoms with van der Waals surface area (Å²) in [5.41, 5.74) is 3.59. The predicted molar refractivity (Wildman–Crippen MR) is 119 cm³/mol. The van der Waals surface area contributed by atoms with E-state index in [1.54, 1.807) is 0 Å². The summed E-state index contributed by atoms with van der Waals surface area (Å²) < 4.78 is 0. The Hall–Kier alpha value is -1.81. The van der Waals surface area contributed by atoms with Crippen molar-refractivity contribution in [2.45, 2.75) is 44.4 Å². The zero-order chi connectivity index (χ0) is 19.4. The largest absolute Gasteiger partial charge is 0.506 e. The van der Waals surface area contributed by atoms with Gasteiger partial charge in [0.2, 0.25) is 0 Å². The second-order valence-corrected chi connectivity index (χ2v) is 8.89. The quantitative estimate of drug-likeness (QED) is 0.633. The van der Waals surface area contributed by atoms with Gasteiger partial charge in [0.05, 0.1) is 11.4 Å². The van der Waals surface area contributed by atoms with Crippen molar-refractivity contribution in [1.29, 1.82) is 0 Å². The van der Waals surface area contributed by atoms with Gasteiger partial charge in [-0.25, -0.2) is 0 Å². The highest BCUT2D eigenvalue weighted by Crippen LogP contribution is 2.49. The molecule has 0 spiro atoms. The third kappa shape index (κ3) is 4.21. The topological polar surface area (TPSA) is 26.7 Å². The van der Waals surface area contributed by atoms with E-state index < -0.39 is 0 Å². The lowest BCUT2D eigenvalue weighted by molar-refractivity contribution is 0.295. The van der Waals surface area contributed by atoms with Gasteiger partial charge in [-0.3, -0.25) is 0 Å². The molecule has 2 aromatic carbocycles. The molecule has 4 heteroatoms. The van der Waals surface area contributed by atoms with Crippen molar-refractivity contribution < 1.29 is 5.11 Å². The summed E-state index contributed by atoms with van der Waals surface area (Å²) in [6.07, 6.45) is 4.92. The summed E-state index contributed by atoms with van der Waals surface area (Å²) in [6.45, 7) is 5.63. The average molecular weight is 385 g/mol. The van der Waals surface area contributed by atoms with E-state index in [2.05, 4.69) is 55.1 Å². The van der Waals surface area contributed by atoms with Crippen LogP contribution in [-0.4, -0.2) is 31.5 Å². The third-order valence-corrected chi connectivity index (χ3v) is 7.13. The molecule has 2 aromatic rings. The first-order valence-electron chi connectivity index (χ1n) is 9.99. The maximum Gasteiger partial charge on any atom is 0.140 e. The number of aromatic hydroxyl groups is 1. The Morgan fingerprint density at radius 3 is 2.52 bits per heavy atom. The van der Waals surface area contributed by atoms with Gasteiger partial charge in [-0.1, -0.05) is 44.9 Å². The van der Waals surface area contributed by atoms with Crippen molar-refractivity contribution in [2.75, 3.05) is 36.2 Å². The van der Waals surface area contributed by atoms with Gasteiger partial charge in [0.1, 0.15) is 5.75 Å². The van der Waals surface area contributed by atoms with Crippen molar-refractivity contribution in [1.82, 2.24) is 0 Å². The first kappa shape index (κ1) is 19.9. The number of para-hydroxylation sites is 1. The number of phenols is 1. The van der Waals surface area contributed by atoms with Crippen LogP contribution in [0, 0.1) is 5.41 Å². The zero-order valence-electron chi connectivity index (χ0n) is 17.0.